The predicted octanol–water partition coefficient (Wildman–Crippen LogP) is 4.97. The maximum absolute atomic E-state index is 5.99. The van der Waals surface area contributed by atoms with Crippen molar-refractivity contribution in [1.82, 2.24) is 5.32 Å². The standard InChI is InChI=1S/C17H22ClNS/c1-13(2)11-19-12-15(10-17-4-3-9-20-17)14-5-7-16(18)8-6-14/h3-9,13,15,19H,10-12H2,1-2H3. The monoisotopic (exact) mass is 307 g/mol. The molecule has 0 aliphatic heterocycles. The van der Waals surface area contributed by atoms with Crippen molar-refractivity contribution < 1.29 is 0 Å². The van der Waals surface area contributed by atoms with E-state index in [2.05, 4.69) is 48.8 Å². The Balaban J connectivity index is 2.04. The second-order valence-corrected chi connectivity index (χ2v) is 7.05. The third-order valence-corrected chi connectivity index (χ3v) is 4.46. The molecule has 1 aromatic carbocycles. The first-order chi connectivity index (χ1) is 9.65. The smallest absolute Gasteiger partial charge is 0.0406 e. The first-order valence-electron chi connectivity index (χ1n) is 7.13. The van der Waals surface area contributed by atoms with Gasteiger partial charge < -0.3 is 5.32 Å². The number of rotatable bonds is 7. The Morgan fingerprint density at radius 1 is 1.10 bits per heavy atom. The molecule has 0 radical (unpaired) electrons. The van der Waals surface area contributed by atoms with Gasteiger partial charge in [0.2, 0.25) is 0 Å². The molecule has 1 aromatic heterocycles. The SMILES string of the molecule is CC(C)CNCC(Cc1cccs1)c1ccc(Cl)cc1. The van der Waals surface area contributed by atoms with E-state index in [1.807, 2.05) is 23.5 Å². The minimum absolute atomic E-state index is 0.504. The highest BCUT2D eigenvalue weighted by Crippen LogP contribution is 2.24. The quantitative estimate of drug-likeness (QED) is 0.761. The average molecular weight is 308 g/mol. The van der Waals surface area contributed by atoms with Crippen LogP contribution in [0.1, 0.15) is 30.2 Å². The van der Waals surface area contributed by atoms with Gasteiger partial charge >= 0.3 is 0 Å². The van der Waals surface area contributed by atoms with Crippen LogP contribution in [0.2, 0.25) is 5.02 Å². The molecule has 0 amide bonds. The van der Waals surface area contributed by atoms with Crippen molar-refractivity contribution in [3.63, 3.8) is 0 Å². The summed E-state index contributed by atoms with van der Waals surface area (Å²) in [5.41, 5.74) is 1.36. The lowest BCUT2D eigenvalue weighted by atomic mass is 9.94. The van der Waals surface area contributed by atoms with Gasteiger partial charge in [0, 0.05) is 22.4 Å². The Labute approximate surface area is 131 Å². The Bertz CT molecular complexity index is 490. The van der Waals surface area contributed by atoms with E-state index in [0.717, 1.165) is 24.5 Å². The molecule has 2 aromatic rings. The first-order valence-corrected chi connectivity index (χ1v) is 8.39. The van der Waals surface area contributed by atoms with Crippen molar-refractivity contribution in [2.75, 3.05) is 13.1 Å². The zero-order chi connectivity index (χ0) is 14.4. The van der Waals surface area contributed by atoms with E-state index < -0.39 is 0 Å². The summed E-state index contributed by atoms with van der Waals surface area (Å²) in [5, 5.41) is 6.54. The fourth-order valence-electron chi connectivity index (χ4n) is 2.26. The molecule has 0 spiro atoms. The van der Waals surface area contributed by atoms with Gasteiger partial charge in [-0.15, -0.1) is 11.3 Å². The summed E-state index contributed by atoms with van der Waals surface area (Å²) in [4.78, 5) is 1.44. The van der Waals surface area contributed by atoms with Crippen LogP contribution in [0.3, 0.4) is 0 Å². The maximum Gasteiger partial charge on any atom is 0.0406 e. The van der Waals surface area contributed by atoms with Gasteiger partial charge in [-0.3, -0.25) is 0 Å². The highest BCUT2D eigenvalue weighted by molar-refractivity contribution is 7.09. The Kier molecular flexibility index (Phi) is 6.08. The summed E-state index contributed by atoms with van der Waals surface area (Å²) in [6.07, 6.45) is 1.09. The van der Waals surface area contributed by atoms with E-state index >= 15 is 0 Å². The van der Waals surface area contributed by atoms with Crippen LogP contribution in [-0.2, 0) is 6.42 Å². The molecule has 20 heavy (non-hydrogen) atoms. The zero-order valence-corrected chi connectivity index (χ0v) is 13.7. The lowest BCUT2D eigenvalue weighted by Gasteiger charge is -2.18. The number of nitrogens with one attached hydrogen (secondary N) is 1. The number of thiophene rings is 1. The Morgan fingerprint density at radius 3 is 2.45 bits per heavy atom. The topological polar surface area (TPSA) is 12.0 Å². The van der Waals surface area contributed by atoms with Crippen LogP contribution in [0.5, 0.6) is 0 Å². The van der Waals surface area contributed by atoms with Gasteiger partial charge in [-0.05, 0) is 48.0 Å². The molecule has 0 saturated heterocycles. The highest BCUT2D eigenvalue weighted by Gasteiger charge is 2.13. The van der Waals surface area contributed by atoms with Gasteiger partial charge in [-0.1, -0.05) is 43.6 Å². The van der Waals surface area contributed by atoms with Crippen LogP contribution in [0.4, 0.5) is 0 Å². The largest absolute Gasteiger partial charge is 0.316 e. The van der Waals surface area contributed by atoms with Gasteiger partial charge in [0.1, 0.15) is 0 Å². The fourth-order valence-corrected chi connectivity index (χ4v) is 3.17. The predicted molar refractivity (Wildman–Crippen MR) is 89.9 cm³/mol. The second kappa shape index (κ2) is 7.82. The van der Waals surface area contributed by atoms with Gasteiger partial charge in [0.05, 0.1) is 0 Å². The molecular weight excluding hydrogens is 286 g/mol. The molecule has 0 aliphatic rings. The minimum atomic E-state index is 0.504. The van der Waals surface area contributed by atoms with Gasteiger partial charge in [-0.25, -0.2) is 0 Å². The van der Waals surface area contributed by atoms with Crippen molar-refractivity contribution in [3.8, 4) is 0 Å². The molecular formula is C17H22ClNS. The molecule has 0 saturated carbocycles. The van der Waals surface area contributed by atoms with E-state index in [9.17, 15) is 0 Å². The van der Waals surface area contributed by atoms with Crippen LogP contribution >= 0.6 is 22.9 Å². The van der Waals surface area contributed by atoms with Crippen molar-refractivity contribution in [3.05, 3.63) is 57.2 Å². The number of halogens is 1. The van der Waals surface area contributed by atoms with Gasteiger partial charge in [0.25, 0.3) is 0 Å². The molecule has 1 heterocycles. The van der Waals surface area contributed by atoms with Gasteiger partial charge in [0.15, 0.2) is 0 Å². The van der Waals surface area contributed by atoms with Crippen LogP contribution < -0.4 is 5.32 Å². The first kappa shape index (κ1) is 15.6. The van der Waals surface area contributed by atoms with Crippen LogP contribution in [0.25, 0.3) is 0 Å². The molecule has 1 atom stereocenters. The maximum atomic E-state index is 5.99. The lowest BCUT2D eigenvalue weighted by Crippen LogP contribution is -2.26. The molecule has 1 N–H and O–H groups in total. The second-order valence-electron chi connectivity index (χ2n) is 5.58. The van der Waals surface area contributed by atoms with E-state index in [4.69, 9.17) is 11.6 Å². The summed E-state index contributed by atoms with van der Waals surface area (Å²) >= 11 is 7.83. The molecule has 108 valence electrons. The van der Waals surface area contributed by atoms with Crippen molar-refractivity contribution >= 4 is 22.9 Å². The highest BCUT2D eigenvalue weighted by atomic mass is 35.5. The van der Waals surface area contributed by atoms with Crippen molar-refractivity contribution in [2.24, 2.45) is 5.92 Å². The Morgan fingerprint density at radius 2 is 1.85 bits per heavy atom. The number of hydrogen-bond acceptors (Lipinski definition) is 2. The average Bonchev–Trinajstić information content (AvgIpc) is 2.91. The third kappa shape index (κ3) is 4.93. The molecule has 1 unspecified atom stereocenters. The third-order valence-electron chi connectivity index (χ3n) is 3.31. The molecule has 1 nitrogen and oxygen atoms in total. The van der Waals surface area contributed by atoms with E-state index in [0.29, 0.717) is 11.8 Å². The Hall–Kier alpha value is -0.830. The summed E-state index contributed by atoms with van der Waals surface area (Å²) in [5.74, 6) is 1.19. The van der Waals surface area contributed by atoms with Crippen LogP contribution in [0.15, 0.2) is 41.8 Å². The lowest BCUT2D eigenvalue weighted by molar-refractivity contribution is 0.515. The fraction of sp³-hybridized carbons (Fsp3) is 0.412. The van der Waals surface area contributed by atoms with Crippen LogP contribution in [-0.4, -0.2) is 13.1 Å². The number of benzene rings is 1. The summed E-state index contributed by atoms with van der Waals surface area (Å²) < 4.78 is 0. The minimum Gasteiger partial charge on any atom is -0.316 e. The van der Waals surface area contributed by atoms with E-state index in [1.165, 1.54) is 10.4 Å². The van der Waals surface area contributed by atoms with E-state index in [-0.39, 0.29) is 0 Å². The molecule has 0 fully saturated rings. The molecule has 3 heteroatoms. The molecule has 0 aliphatic carbocycles. The number of hydrogen-bond donors (Lipinski definition) is 1. The van der Waals surface area contributed by atoms with Crippen molar-refractivity contribution in [1.29, 1.82) is 0 Å². The normalized spacial score (nSPS) is 12.8. The molecule has 2 rings (SSSR count). The molecule has 0 bridgehead atoms. The van der Waals surface area contributed by atoms with E-state index in [1.54, 1.807) is 0 Å². The summed E-state index contributed by atoms with van der Waals surface area (Å²) in [6.45, 7) is 6.55. The summed E-state index contributed by atoms with van der Waals surface area (Å²) in [7, 11) is 0. The zero-order valence-electron chi connectivity index (χ0n) is 12.1. The summed E-state index contributed by atoms with van der Waals surface area (Å²) in [6, 6.07) is 12.6. The van der Waals surface area contributed by atoms with Crippen molar-refractivity contribution in [2.45, 2.75) is 26.2 Å². The van der Waals surface area contributed by atoms with Gasteiger partial charge in [-0.2, -0.15) is 0 Å². The van der Waals surface area contributed by atoms with Crippen LogP contribution in [0, 0.1) is 5.92 Å².